The molecule has 1 unspecified atom stereocenters. The van der Waals surface area contributed by atoms with E-state index in [2.05, 4.69) is 23.6 Å². The Hall–Kier alpha value is -0.870. The summed E-state index contributed by atoms with van der Waals surface area (Å²) in [7, 11) is 0. The van der Waals surface area contributed by atoms with E-state index in [1.165, 1.54) is 18.5 Å². The van der Waals surface area contributed by atoms with Crippen LogP contribution < -0.4 is 0 Å². The lowest BCUT2D eigenvalue weighted by Crippen LogP contribution is -2.13. The van der Waals surface area contributed by atoms with Gasteiger partial charge < -0.3 is 9.84 Å². The lowest BCUT2D eigenvalue weighted by molar-refractivity contribution is 0.0992. The number of aliphatic hydroxyl groups excluding tert-OH is 1. The lowest BCUT2D eigenvalue weighted by Gasteiger charge is -2.11. The Balaban J connectivity index is 2.08. The van der Waals surface area contributed by atoms with Crippen LogP contribution in [0.1, 0.15) is 50.1 Å². The number of aromatic nitrogens is 2. The summed E-state index contributed by atoms with van der Waals surface area (Å²) in [4.78, 5) is 0. The zero-order valence-corrected chi connectivity index (χ0v) is 11.5. The molecule has 102 valence electrons. The molecule has 0 aromatic carbocycles. The normalized spacial score (nSPS) is 19.6. The maximum Gasteiger partial charge on any atom is 0.0718 e. The second-order valence-corrected chi connectivity index (χ2v) is 4.88. The van der Waals surface area contributed by atoms with E-state index in [0.717, 1.165) is 43.7 Å². The molecule has 0 radical (unpaired) electrons. The van der Waals surface area contributed by atoms with Crippen LogP contribution >= 0.6 is 0 Å². The van der Waals surface area contributed by atoms with Crippen LogP contribution in [0.15, 0.2) is 0 Å². The summed E-state index contributed by atoms with van der Waals surface area (Å²) in [6.45, 7) is 6.13. The highest BCUT2D eigenvalue weighted by molar-refractivity contribution is 5.25. The summed E-state index contributed by atoms with van der Waals surface area (Å²) >= 11 is 0. The molecule has 1 saturated heterocycles. The molecule has 0 aliphatic carbocycles. The van der Waals surface area contributed by atoms with E-state index in [1.807, 2.05) is 0 Å². The van der Waals surface area contributed by atoms with Crippen LogP contribution in [0, 0.1) is 0 Å². The van der Waals surface area contributed by atoms with E-state index in [1.54, 1.807) is 0 Å². The van der Waals surface area contributed by atoms with Gasteiger partial charge in [-0.3, -0.25) is 4.68 Å². The first-order chi connectivity index (χ1) is 8.80. The van der Waals surface area contributed by atoms with Crippen LogP contribution in [-0.2, 0) is 30.7 Å². The predicted molar refractivity (Wildman–Crippen MR) is 70.5 cm³/mol. The fourth-order valence-corrected chi connectivity index (χ4v) is 2.77. The van der Waals surface area contributed by atoms with Crippen molar-refractivity contribution >= 4 is 0 Å². The Bertz CT molecular complexity index is 381. The van der Waals surface area contributed by atoms with Crippen molar-refractivity contribution in [2.24, 2.45) is 0 Å². The third-order valence-corrected chi connectivity index (χ3v) is 3.76. The molecule has 4 nitrogen and oxygen atoms in total. The average molecular weight is 252 g/mol. The zero-order chi connectivity index (χ0) is 13.0. The second kappa shape index (κ2) is 6.34. The average Bonchev–Trinajstić information content (AvgIpc) is 3.02. The van der Waals surface area contributed by atoms with Gasteiger partial charge in [0.25, 0.3) is 0 Å². The smallest absolute Gasteiger partial charge is 0.0718 e. The van der Waals surface area contributed by atoms with Crippen molar-refractivity contribution in [3.8, 4) is 0 Å². The number of aryl methyl sites for hydroxylation is 2. The highest BCUT2D eigenvalue weighted by atomic mass is 16.5. The molecule has 0 bridgehead atoms. The van der Waals surface area contributed by atoms with Gasteiger partial charge in [-0.2, -0.15) is 5.10 Å². The summed E-state index contributed by atoms with van der Waals surface area (Å²) in [5, 5.41) is 14.1. The van der Waals surface area contributed by atoms with Crippen LogP contribution in [0.4, 0.5) is 0 Å². The number of nitrogens with zero attached hydrogens (tertiary/aromatic N) is 2. The van der Waals surface area contributed by atoms with E-state index < -0.39 is 0 Å². The molecule has 4 heteroatoms. The SMILES string of the molecule is CCc1nn(CCC2CCCO2)c(CC)c1CO. The Morgan fingerprint density at radius 1 is 1.39 bits per heavy atom. The van der Waals surface area contributed by atoms with E-state index in [9.17, 15) is 5.11 Å². The van der Waals surface area contributed by atoms with Gasteiger partial charge in [-0.25, -0.2) is 0 Å². The molecule has 0 amide bonds. The molecule has 1 fully saturated rings. The van der Waals surface area contributed by atoms with Crippen LogP contribution in [-0.4, -0.2) is 27.6 Å². The standard InChI is InChI=1S/C14H24N2O2/c1-3-13-12(10-17)14(4-2)16(15-13)8-7-11-6-5-9-18-11/h11,17H,3-10H2,1-2H3. The van der Waals surface area contributed by atoms with Gasteiger partial charge in [0.05, 0.1) is 18.4 Å². The molecule has 1 aromatic heterocycles. The molecule has 1 N–H and O–H groups in total. The fourth-order valence-electron chi connectivity index (χ4n) is 2.77. The van der Waals surface area contributed by atoms with Crippen molar-refractivity contribution in [3.05, 3.63) is 17.0 Å². The Morgan fingerprint density at radius 2 is 2.22 bits per heavy atom. The number of ether oxygens (including phenoxy) is 1. The quantitative estimate of drug-likeness (QED) is 0.843. The molecule has 1 aromatic rings. The minimum atomic E-state index is 0.103. The third-order valence-electron chi connectivity index (χ3n) is 3.76. The molecule has 0 saturated carbocycles. The van der Waals surface area contributed by atoms with Crippen LogP contribution in [0.25, 0.3) is 0 Å². The molecular weight excluding hydrogens is 228 g/mol. The van der Waals surface area contributed by atoms with Crippen molar-refractivity contribution in [1.82, 2.24) is 9.78 Å². The Labute approximate surface area is 109 Å². The van der Waals surface area contributed by atoms with E-state index in [4.69, 9.17) is 4.74 Å². The first-order valence-electron chi connectivity index (χ1n) is 7.10. The van der Waals surface area contributed by atoms with Gasteiger partial charge in [0.1, 0.15) is 0 Å². The highest BCUT2D eigenvalue weighted by Gasteiger charge is 2.18. The number of rotatable bonds is 6. The van der Waals surface area contributed by atoms with Crippen molar-refractivity contribution in [3.63, 3.8) is 0 Å². The molecule has 18 heavy (non-hydrogen) atoms. The topological polar surface area (TPSA) is 47.3 Å². The number of aliphatic hydroxyl groups is 1. The highest BCUT2D eigenvalue weighted by Crippen LogP contribution is 2.20. The second-order valence-electron chi connectivity index (χ2n) is 4.88. The summed E-state index contributed by atoms with van der Waals surface area (Å²) in [6.07, 6.45) is 5.61. The molecular formula is C14H24N2O2. The molecule has 2 rings (SSSR count). The monoisotopic (exact) mass is 252 g/mol. The maximum atomic E-state index is 9.48. The summed E-state index contributed by atoms with van der Waals surface area (Å²) in [5.74, 6) is 0. The number of hydrogen-bond donors (Lipinski definition) is 1. The summed E-state index contributed by atoms with van der Waals surface area (Å²) in [5.41, 5.74) is 3.27. The lowest BCUT2D eigenvalue weighted by atomic mass is 10.1. The van der Waals surface area contributed by atoms with Gasteiger partial charge in [0, 0.05) is 24.4 Å². The minimum absolute atomic E-state index is 0.103. The Kier molecular flexibility index (Phi) is 4.78. The van der Waals surface area contributed by atoms with Gasteiger partial charge in [-0.1, -0.05) is 13.8 Å². The van der Waals surface area contributed by atoms with Crippen LogP contribution in [0.3, 0.4) is 0 Å². The van der Waals surface area contributed by atoms with Crippen molar-refractivity contribution in [1.29, 1.82) is 0 Å². The number of hydrogen-bond acceptors (Lipinski definition) is 3. The molecule has 1 aliphatic heterocycles. The van der Waals surface area contributed by atoms with Gasteiger partial charge in [-0.15, -0.1) is 0 Å². The first kappa shape index (κ1) is 13.6. The fraction of sp³-hybridized carbons (Fsp3) is 0.786. The molecule has 1 atom stereocenters. The van der Waals surface area contributed by atoms with Gasteiger partial charge >= 0.3 is 0 Å². The third kappa shape index (κ3) is 2.75. The van der Waals surface area contributed by atoms with Crippen molar-refractivity contribution in [2.75, 3.05) is 6.61 Å². The van der Waals surface area contributed by atoms with Gasteiger partial charge in [-0.05, 0) is 32.1 Å². The summed E-state index contributed by atoms with van der Waals surface area (Å²) in [6, 6.07) is 0. The van der Waals surface area contributed by atoms with Crippen LogP contribution in [0.2, 0.25) is 0 Å². The van der Waals surface area contributed by atoms with Crippen LogP contribution in [0.5, 0.6) is 0 Å². The minimum Gasteiger partial charge on any atom is -0.392 e. The van der Waals surface area contributed by atoms with Crippen molar-refractivity contribution < 1.29 is 9.84 Å². The predicted octanol–water partition coefficient (Wildman–Crippen LogP) is 2.07. The molecule has 2 heterocycles. The van der Waals surface area contributed by atoms with E-state index in [-0.39, 0.29) is 6.61 Å². The van der Waals surface area contributed by atoms with Gasteiger partial charge in [0.15, 0.2) is 0 Å². The largest absolute Gasteiger partial charge is 0.392 e. The summed E-state index contributed by atoms with van der Waals surface area (Å²) < 4.78 is 7.72. The van der Waals surface area contributed by atoms with E-state index in [0.29, 0.717) is 6.10 Å². The zero-order valence-electron chi connectivity index (χ0n) is 11.5. The first-order valence-corrected chi connectivity index (χ1v) is 7.10. The van der Waals surface area contributed by atoms with E-state index >= 15 is 0 Å². The molecule has 1 aliphatic rings. The maximum absolute atomic E-state index is 9.48. The Morgan fingerprint density at radius 3 is 2.78 bits per heavy atom. The van der Waals surface area contributed by atoms with Gasteiger partial charge in [0.2, 0.25) is 0 Å². The molecule has 0 spiro atoms. The van der Waals surface area contributed by atoms with Crippen molar-refractivity contribution in [2.45, 2.75) is 65.2 Å².